The fourth-order valence-electron chi connectivity index (χ4n) is 2.44. The maximum absolute atomic E-state index is 11.9. The van der Waals surface area contributed by atoms with Crippen LogP contribution in [0.5, 0.6) is 0 Å². The molecule has 9 nitrogen and oxygen atoms in total. The van der Waals surface area contributed by atoms with Gasteiger partial charge in [0.15, 0.2) is 0 Å². The lowest BCUT2D eigenvalue weighted by molar-refractivity contribution is -0.277. The molecule has 9 heteroatoms. The van der Waals surface area contributed by atoms with E-state index in [1.165, 1.54) is 0 Å². The molecule has 0 aromatic carbocycles. The van der Waals surface area contributed by atoms with Crippen LogP contribution in [0.15, 0.2) is 5.11 Å². The Balaban J connectivity index is 3.30. The third-order valence-electron chi connectivity index (χ3n) is 3.34. The number of carbonyl (C=O) groups is 2. The van der Waals surface area contributed by atoms with Crippen LogP contribution in [0.25, 0.3) is 0 Å². The highest BCUT2D eigenvalue weighted by atomic mass is 16.5. The topological polar surface area (TPSA) is 129 Å². The first-order valence-electron chi connectivity index (χ1n) is 6.47. The van der Waals surface area contributed by atoms with Gasteiger partial charge in [0.1, 0.15) is 16.7 Å². The Kier molecular flexibility index (Phi) is 5.40. The van der Waals surface area contributed by atoms with Gasteiger partial charge in [0.05, 0.1) is 25.9 Å². The number of methoxy groups -OCH3 is 1. The lowest BCUT2D eigenvalue weighted by Crippen LogP contribution is -2.65. The quantitative estimate of drug-likeness (QED) is 0.428. The molecule has 0 aromatic heterocycles. The number of carboxylic acid groups (broad SMARTS) is 1. The van der Waals surface area contributed by atoms with Crippen molar-refractivity contribution in [3.8, 4) is 0 Å². The fraction of sp³-hybridized carbons (Fsp3) is 0.833. The molecule has 1 fully saturated rings. The van der Waals surface area contributed by atoms with Crippen molar-refractivity contribution in [3.63, 3.8) is 0 Å². The zero-order chi connectivity index (χ0) is 16.2. The monoisotopic (exact) mass is 300 g/mol. The molecule has 1 amide bonds. The van der Waals surface area contributed by atoms with Crippen LogP contribution >= 0.6 is 0 Å². The standard InChI is InChI=1S/C12H20N4O5/c1-12(2,3)9-8(7(14-15-13)10(17)20-4)16(11(18)19)5-6-21-9/h7-9,13H,5-6H2,1-4H3. The molecular formula is C12H20N4O5. The fourth-order valence-corrected chi connectivity index (χ4v) is 2.44. The number of hydrogen-bond donors (Lipinski definition) is 1. The van der Waals surface area contributed by atoms with Crippen molar-refractivity contribution in [2.24, 2.45) is 10.5 Å². The van der Waals surface area contributed by atoms with Crippen molar-refractivity contribution >= 4 is 12.1 Å². The van der Waals surface area contributed by atoms with E-state index in [1.807, 2.05) is 20.8 Å². The summed E-state index contributed by atoms with van der Waals surface area (Å²) in [7, 11) is 1.16. The van der Waals surface area contributed by atoms with Crippen LogP contribution < -0.4 is 10.0 Å². The number of nitrogens with one attached hydrogen (secondary N) is 1. The smallest absolute Gasteiger partial charge is 0.340 e. The van der Waals surface area contributed by atoms with Gasteiger partial charge in [-0.05, 0) is 5.41 Å². The van der Waals surface area contributed by atoms with E-state index in [0.29, 0.717) is 0 Å². The Labute approximate surface area is 122 Å². The van der Waals surface area contributed by atoms with Gasteiger partial charge in [-0.2, -0.15) is 0 Å². The number of esters is 1. The molecule has 0 radical (unpaired) electrons. The summed E-state index contributed by atoms with van der Waals surface area (Å²) in [4.78, 5) is 27.1. The predicted molar refractivity (Wildman–Crippen MR) is 68.2 cm³/mol. The SMILES string of the molecule is COC(=O)C(N=[N+]=N)C1C(C(C)(C)C)OCCN1C(=O)[O-]. The maximum Gasteiger partial charge on any atom is 0.340 e. The van der Waals surface area contributed by atoms with Crippen LogP contribution in [0.2, 0.25) is 0 Å². The molecule has 0 bridgehead atoms. The van der Waals surface area contributed by atoms with Crippen molar-refractivity contribution in [2.75, 3.05) is 20.3 Å². The molecule has 3 unspecified atom stereocenters. The lowest BCUT2D eigenvalue weighted by atomic mass is 9.80. The summed E-state index contributed by atoms with van der Waals surface area (Å²) >= 11 is 0. The van der Waals surface area contributed by atoms with Gasteiger partial charge in [0.25, 0.3) is 6.04 Å². The minimum atomic E-state index is -1.42. The Morgan fingerprint density at radius 1 is 1.52 bits per heavy atom. The predicted octanol–water partition coefficient (Wildman–Crippen LogP) is -0.463. The van der Waals surface area contributed by atoms with Crippen LogP contribution in [-0.2, 0) is 14.3 Å². The Morgan fingerprint density at radius 2 is 2.14 bits per heavy atom. The minimum absolute atomic E-state index is 0.0561. The van der Waals surface area contributed by atoms with Crippen molar-refractivity contribution < 1.29 is 24.2 Å². The average molecular weight is 300 g/mol. The molecular weight excluding hydrogens is 280 g/mol. The number of morpholine rings is 1. The van der Waals surface area contributed by atoms with Gasteiger partial charge in [0.2, 0.25) is 4.91 Å². The van der Waals surface area contributed by atoms with Crippen molar-refractivity contribution in [1.82, 2.24) is 9.81 Å². The van der Waals surface area contributed by atoms with Crippen LogP contribution in [0.4, 0.5) is 4.79 Å². The van der Waals surface area contributed by atoms with Gasteiger partial charge in [0, 0.05) is 6.54 Å². The van der Waals surface area contributed by atoms with E-state index < -0.39 is 35.7 Å². The third kappa shape index (κ3) is 3.77. The molecule has 1 saturated heterocycles. The van der Waals surface area contributed by atoms with Gasteiger partial charge in [-0.1, -0.05) is 20.8 Å². The minimum Gasteiger partial charge on any atom is -0.530 e. The Morgan fingerprint density at radius 3 is 2.57 bits per heavy atom. The number of ether oxygens (including phenoxy) is 2. The first-order chi connectivity index (χ1) is 9.73. The average Bonchev–Trinajstić information content (AvgIpc) is 2.42. The second-order valence-corrected chi connectivity index (χ2v) is 5.79. The maximum atomic E-state index is 11.9. The summed E-state index contributed by atoms with van der Waals surface area (Å²) in [6.07, 6.45) is -2.04. The van der Waals surface area contributed by atoms with E-state index in [1.54, 1.807) is 0 Å². The third-order valence-corrected chi connectivity index (χ3v) is 3.34. The van der Waals surface area contributed by atoms with Crippen molar-refractivity contribution in [3.05, 3.63) is 0 Å². The molecule has 118 valence electrons. The lowest BCUT2D eigenvalue weighted by Gasteiger charge is -2.47. The van der Waals surface area contributed by atoms with Gasteiger partial charge in [-0.15, -0.1) is 0 Å². The first kappa shape index (κ1) is 17.1. The van der Waals surface area contributed by atoms with Crippen molar-refractivity contribution in [2.45, 2.75) is 39.0 Å². The summed E-state index contributed by atoms with van der Waals surface area (Å²) in [5, 5.41) is 14.9. The molecule has 0 spiro atoms. The highest BCUT2D eigenvalue weighted by molar-refractivity contribution is 5.78. The van der Waals surface area contributed by atoms with E-state index in [0.717, 1.165) is 12.0 Å². The molecule has 1 N–H and O–H groups in total. The number of carbonyl (C=O) groups excluding carboxylic acids is 2. The molecule has 0 saturated carbocycles. The van der Waals surface area contributed by atoms with Gasteiger partial charge >= 0.3 is 5.97 Å². The summed E-state index contributed by atoms with van der Waals surface area (Å²) in [6, 6.07) is -2.22. The summed E-state index contributed by atoms with van der Waals surface area (Å²) < 4.78 is 10.3. The first-order valence-corrected chi connectivity index (χ1v) is 6.47. The number of rotatable bonds is 3. The molecule has 0 aromatic rings. The second kappa shape index (κ2) is 6.64. The summed E-state index contributed by atoms with van der Waals surface area (Å²) in [6.45, 7) is 5.82. The van der Waals surface area contributed by atoms with Crippen LogP contribution in [0.3, 0.4) is 0 Å². The highest BCUT2D eigenvalue weighted by Gasteiger charge is 2.49. The number of amides is 1. The molecule has 0 aliphatic carbocycles. The Hall–Kier alpha value is -1.99. The van der Waals surface area contributed by atoms with E-state index in [9.17, 15) is 14.7 Å². The molecule has 3 atom stereocenters. The second-order valence-electron chi connectivity index (χ2n) is 5.79. The van der Waals surface area contributed by atoms with E-state index >= 15 is 0 Å². The molecule has 1 aliphatic rings. The van der Waals surface area contributed by atoms with Crippen molar-refractivity contribution in [1.29, 1.82) is 5.53 Å². The van der Waals surface area contributed by atoms with E-state index in [-0.39, 0.29) is 13.2 Å². The van der Waals surface area contributed by atoms with E-state index in [2.05, 4.69) is 14.8 Å². The largest absolute Gasteiger partial charge is 0.530 e. The number of nitrogens with zero attached hydrogens (tertiary/aromatic N) is 3. The number of hydrogen-bond acceptors (Lipinski definition) is 7. The zero-order valence-electron chi connectivity index (χ0n) is 12.5. The van der Waals surface area contributed by atoms with Crippen LogP contribution in [-0.4, -0.2) is 55.4 Å². The van der Waals surface area contributed by atoms with E-state index in [4.69, 9.17) is 10.3 Å². The van der Waals surface area contributed by atoms with Crippen LogP contribution in [0.1, 0.15) is 20.8 Å². The Bertz CT molecular complexity index is 455. The molecule has 1 heterocycles. The molecule has 21 heavy (non-hydrogen) atoms. The summed E-state index contributed by atoms with van der Waals surface area (Å²) in [5.74, 6) is -0.776. The normalized spacial score (nSPS) is 23.9. The van der Waals surface area contributed by atoms with Gasteiger partial charge in [-0.25, -0.2) is 4.79 Å². The van der Waals surface area contributed by atoms with Crippen LogP contribution in [0, 0.1) is 10.9 Å². The highest BCUT2D eigenvalue weighted by Crippen LogP contribution is 2.32. The summed E-state index contributed by atoms with van der Waals surface area (Å²) in [5.41, 5.74) is 6.39. The molecule has 1 rings (SSSR count). The zero-order valence-corrected chi connectivity index (χ0v) is 12.5. The van der Waals surface area contributed by atoms with Gasteiger partial charge < -0.3 is 24.3 Å². The molecule has 1 aliphatic heterocycles. The van der Waals surface area contributed by atoms with Gasteiger partial charge in [-0.3, -0.25) is 0 Å².